The molecule has 0 aliphatic carbocycles. The third-order valence-corrected chi connectivity index (χ3v) is 5.54. The molecular weight excluding hydrogens is 360 g/mol. The van der Waals surface area contributed by atoms with Crippen molar-refractivity contribution in [3.8, 4) is 0 Å². The number of nitrogens with one attached hydrogen (secondary N) is 2. The van der Waals surface area contributed by atoms with Gasteiger partial charge in [-0.1, -0.05) is 0 Å². The summed E-state index contributed by atoms with van der Waals surface area (Å²) in [5.74, 6) is -0.195. The van der Waals surface area contributed by atoms with Crippen molar-refractivity contribution in [2.24, 2.45) is 5.73 Å². The Balaban J connectivity index is 1.77. The van der Waals surface area contributed by atoms with Crippen molar-refractivity contribution in [2.45, 2.75) is 23.8 Å². The highest BCUT2D eigenvalue weighted by Gasteiger charge is 2.24. The van der Waals surface area contributed by atoms with E-state index in [0.29, 0.717) is 5.56 Å². The Kier molecular flexibility index (Phi) is 5.00. The van der Waals surface area contributed by atoms with E-state index in [1.807, 2.05) is 12.5 Å². The number of piperidine rings is 1. The van der Waals surface area contributed by atoms with E-state index >= 15 is 0 Å². The van der Waals surface area contributed by atoms with Gasteiger partial charge in [-0.15, -0.1) is 11.8 Å². The van der Waals surface area contributed by atoms with E-state index in [4.69, 9.17) is 5.73 Å². The lowest BCUT2D eigenvalue weighted by molar-refractivity contribution is 0.102. The number of nitrogens with zero attached hydrogens (tertiary/aromatic N) is 3. The molecule has 0 bridgehead atoms. The van der Waals surface area contributed by atoms with Crippen LogP contribution in [0.1, 0.15) is 23.2 Å². The molecule has 1 amide bonds. The summed E-state index contributed by atoms with van der Waals surface area (Å²) in [7, 11) is 0. The van der Waals surface area contributed by atoms with Crippen molar-refractivity contribution >= 4 is 40.1 Å². The highest BCUT2D eigenvalue weighted by Crippen LogP contribution is 2.40. The van der Waals surface area contributed by atoms with E-state index in [9.17, 15) is 4.79 Å². The van der Waals surface area contributed by atoms with Gasteiger partial charge in [-0.2, -0.15) is 0 Å². The van der Waals surface area contributed by atoms with Crippen molar-refractivity contribution < 1.29 is 4.79 Å². The number of amides is 1. The average molecular weight is 382 g/mol. The van der Waals surface area contributed by atoms with Crippen LogP contribution in [0.25, 0.3) is 11.0 Å². The van der Waals surface area contributed by atoms with E-state index in [2.05, 4.69) is 25.2 Å². The lowest BCUT2D eigenvalue weighted by atomic mass is 10.1. The van der Waals surface area contributed by atoms with Crippen LogP contribution in [-0.2, 0) is 0 Å². The van der Waals surface area contributed by atoms with Gasteiger partial charge in [-0.05, 0) is 31.2 Å². The predicted octanol–water partition coefficient (Wildman–Crippen LogP) is 2.86. The van der Waals surface area contributed by atoms with E-state index < -0.39 is 0 Å². The molecule has 8 heteroatoms. The second-order valence-electron chi connectivity index (χ2n) is 6.65. The molecule has 3 aromatic rings. The van der Waals surface area contributed by atoms with E-state index in [0.717, 1.165) is 53.2 Å². The molecule has 3 aromatic heterocycles. The Morgan fingerprint density at radius 1 is 1.44 bits per heavy atom. The maximum absolute atomic E-state index is 12.6. The number of carbonyl (C=O) groups excluding carboxylic acids is 1. The first-order valence-electron chi connectivity index (χ1n) is 8.93. The fourth-order valence-electron chi connectivity index (χ4n) is 3.53. The summed E-state index contributed by atoms with van der Waals surface area (Å²) in [5, 5.41) is 3.93. The SMILES string of the molecule is CSc1cnc2[nH]cc(NC(=O)c3cccnc3)c2c1N1CCC[C@@H](N)C1. The molecule has 4 rings (SSSR count). The number of rotatable bonds is 4. The maximum atomic E-state index is 12.6. The first-order chi connectivity index (χ1) is 13.2. The number of fused-ring (bicyclic) bond motifs is 1. The second kappa shape index (κ2) is 7.58. The molecule has 1 fully saturated rings. The topological polar surface area (TPSA) is 99.9 Å². The zero-order chi connectivity index (χ0) is 18.8. The molecule has 0 unspecified atom stereocenters. The predicted molar refractivity (Wildman–Crippen MR) is 109 cm³/mol. The van der Waals surface area contributed by atoms with Gasteiger partial charge < -0.3 is 20.9 Å². The highest BCUT2D eigenvalue weighted by atomic mass is 32.2. The molecule has 1 saturated heterocycles. The molecule has 27 heavy (non-hydrogen) atoms. The van der Waals surface area contributed by atoms with Gasteiger partial charge in [0.2, 0.25) is 0 Å². The van der Waals surface area contributed by atoms with Crippen LogP contribution in [0.15, 0.2) is 41.8 Å². The number of anilines is 2. The van der Waals surface area contributed by atoms with Crippen LogP contribution < -0.4 is 16.0 Å². The van der Waals surface area contributed by atoms with Gasteiger partial charge in [-0.25, -0.2) is 4.98 Å². The zero-order valence-corrected chi connectivity index (χ0v) is 15.9. The number of nitrogens with two attached hydrogens (primary N) is 1. The quantitative estimate of drug-likeness (QED) is 0.600. The van der Waals surface area contributed by atoms with Gasteiger partial charge in [0.1, 0.15) is 5.65 Å². The maximum Gasteiger partial charge on any atom is 0.257 e. The molecule has 1 aliphatic rings. The van der Waals surface area contributed by atoms with Gasteiger partial charge in [0.05, 0.1) is 22.3 Å². The zero-order valence-electron chi connectivity index (χ0n) is 15.1. The molecule has 4 heterocycles. The van der Waals surface area contributed by atoms with Crippen LogP contribution >= 0.6 is 11.8 Å². The van der Waals surface area contributed by atoms with Crippen molar-refractivity contribution in [2.75, 3.05) is 29.6 Å². The number of carbonyl (C=O) groups is 1. The third-order valence-electron chi connectivity index (χ3n) is 4.81. The number of hydrogen-bond donors (Lipinski definition) is 3. The number of H-pyrrole nitrogens is 1. The number of aromatic amines is 1. The van der Waals surface area contributed by atoms with Gasteiger partial charge >= 0.3 is 0 Å². The summed E-state index contributed by atoms with van der Waals surface area (Å²) in [6.07, 6.45) is 11.0. The van der Waals surface area contributed by atoms with Crippen LogP contribution in [-0.4, -0.2) is 46.2 Å². The minimum atomic E-state index is -0.195. The Bertz CT molecular complexity index is 957. The number of thioether (sulfide) groups is 1. The smallest absolute Gasteiger partial charge is 0.257 e. The van der Waals surface area contributed by atoms with E-state index in [1.165, 1.54) is 0 Å². The highest BCUT2D eigenvalue weighted by molar-refractivity contribution is 7.98. The monoisotopic (exact) mass is 382 g/mol. The normalized spacial score (nSPS) is 17.3. The Hall–Kier alpha value is -2.58. The lowest BCUT2D eigenvalue weighted by Crippen LogP contribution is -2.43. The first kappa shape index (κ1) is 17.8. The van der Waals surface area contributed by atoms with Crippen LogP contribution in [0, 0.1) is 0 Å². The van der Waals surface area contributed by atoms with Gasteiger partial charge in [-0.3, -0.25) is 9.78 Å². The largest absolute Gasteiger partial charge is 0.368 e. The molecule has 0 saturated carbocycles. The summed E-state index contributed by atoms with van der Waals surface area (Å²) in [6.45, 7) is 1.75. The van der Waals surface area contributed by atoms with E-state index in [-0.39, 0.29) is 11.9 Å². The third kappa shape index (κ3) is 3.50. The summed E-state index contributed by atoms with van der Waals surface area (Å²) in [6, 6.07) is 3.65. The molecule has 1 aliphatic heterocycles. The van der Waals surface area contributed by atoms with Gasteiger partial charge in [0.15, 0.2) is 0 Å². The molecule has 0 radical (unpaired) electrons. The van der Waals surface area contributed by atoms with Crippen LogP contribution in [0.4, 0.5) is 11.4 Å². The van der Waals surface area contributed by atoms with Crippen molar-refractivity contribution in [3.05, 3.63) is 42.5 Å². The molecule has 1 atom stereocenters. The molecule has 4 N–H and O–H groups in total. The number of aromatic nitrogens is 3. The van der Waals surface area contributed by atoms with Crippen molar-refractivity contribution in [1.29, 1.82) is 0 Å². The molecule has 140 valence electrons. The van der Waals surface area contributed by atoms with Crippen LogP contribution in [0.2, 0.25) is 0 Å². The van der Waals surface area contributed by atoms with Crippen LogP contribution in [0.3, 0.4) is 0 Å². The molecule has 0 aromatic carbocycles. The van der Waals surface area contributed by atoms with Crippen molar-refractivity contribution in [3.63, 3.8) is 0 Å². The first-order valence-corrected chi connectivity index (χ1v) is 10.2. The molecular formula is C19H22N6OS. The standard InChI is InChI=1S/C19H22N6OS/c1-27-15-10-23-18-16(17(15)25-7-3-5-13(20)11-25)14(9-22-18)24-19(26)12-4-2-6-21-8-12/h2,4,6,8-10,13H,3,5,7,11,20H2,1H3,(H,22,23)(H,24,26)/t13-/m1/s1. The Labute approximate surface area is 161 Å². The fraction of sp³-hybridized carbons (Fsp3) is 0.316. The van der Waals surface area contributed by atoms with Gasteiger partial charge in [0, 0.05) is 48.8 Å². The van der Waals surface area contributed by atoms with Crippen molar-refractivity contribution in [1.82, 2.24) is 15.0 Å². The lowest BCUT2D eigenvalue weighted by Gasteiger charge is -2.34. The Morgan fingerprint density at radius 3 is 3.07 bits per heavy atom. The summed E-state index contributed by atoms with van der Waals surface area (Å²) >= 11 is 1.65. The van der Waals surface area contributed by atoms with Gasteiger partial charge in [0.25, 0.3) is 5.91 Å². The second-order valence-corrected chi connectivity index (χ2v) is 7.49. The average Bonchev–Trinajstić information content (AvgIpc) is 3.10. The summed E-state index contributed by atoms with van der Waals surface area (Å²) in [4.78, 5) is 27.7. The minimum absolute atomic E-state index is 0.157. The Morgan fingerprint density at radius 2 is 2.33 bits per heavy atom. The number of hydrogen-bond acceptors (Lipinski definition) is 6. The summed E-state index contributed by atoms with van der Waals surface area (Å²) < 4.78 is 0. The van der Waals surface area contributed by atoms with Crippen LogP contribution in [0.5, 0.6) is 0 Å². The molecule has 0 spiro atoms. The number of pyridine rings is 2. The summed E-state index contributed by atoms with van der Waals surface area (Å²) in [5.41, 5.74) is 9.30. The fourth-order valence-corrected chi connectivity index (χ4v) is 4.11. The minimum Gasteiger partial charge on any atom is -0.368 e. The van der Waals surface area contributed by atoms with E-state index in [1.54, 1.807) is 42.5 Å². The molecule has 7 nitrogen and oxygen atoms in total.